The highest BCUT2D eigenvalue weighted by Gasteiger charge is 2.19. The number of amides is 2. The van der Waals surface area contributed by atoms with Gasteiger partial charge in [-0.05, 0) is 50.8 Å². The molecule has 6 nitrogen and oxygen atoms in total. The van der Waals surface area contributed by atoms with Crippen molar-refractivity contribution in [2.24, 2.45) is 0 Å². The van der Waals surface area contributed by atoms with Crippen LogP contribution in [0.2, 0.25) is 0 Å². The van der Waals surface area contributed by atoms with Gasteiger partial charge in [-0.2, -0.15) is 0 Å². The van der Waals surface area contributed by atoms with Crippen LogP contribution in [0.15, 0.2) is 48.7 Å². The zero-order chi connectivity index (χ0) is 19.8. The number of hydrogen-bond acceptors (Lipinski definition) is 4. The lowest BCUT2D eigenvalue weighted by Gasteiger charge is -2.16. The van der Waals surface area contributed by atoms with E-state index in [1.54, 1.807) is 18.3 Å². The summed E-state index contributed by atoms with van der Waals surface area (Å²) in [7, 11) is 0. The van der Waals surface area contributed by atoms with E-state index < -0.39 is 0 Å². The van der Waals surface area contributed by atoms with Crippen LogP contribution in [0.25, 0.3) is 0 Å². The Labute approximate surface area is 165 Å². The van der Waals surface area contributed by atoms with Crippen molar-refractivity contribution in [2.45, 2.75) is 57.7 Å². The first-order valence-electron chi connectivity index (χ1n) is 9.85. The minimum absolute atomic E-state index is 0.128. The zero-order valence-corrected chi connectivity index (χ0v) is 16.2. The smallest absolute Gasteiger partial charge is 0.251 e. The maximum Gasteiger partial charge on any atom is 0.251 e. The first-order valence-corrected chi connectivity index (χ1v) is 9.85. The zero-order valence-electron chi connectivity index (χ0n) is 16.2. The van der Waals surface area contributed by atoms with Crippen molar-refractivity contribution in [3.63, 3.8) is 0 Å². The average molecular weight is 381 g/mol. The molecule has 1 aromatic heterocycles. The van der Waals surface area contributed by atoms with E-state index in [9.17, 15) is 9.59 Å². The number of hydrogen-bond donors (Lipinski definition) is 2. The second-order valence-electron chi connectivity index (χ2n) is 7.21. The van der Waals surface area contributed by atoms with Gasteiger partial charge in [-0.25, -0.2) is 4.98 Å². The second kappa shape index (κ2) is 9.88. The minimum atomic E-state index is -0.268. The number of nitrogens with zero attached hydrogens (tertiary/aromatic N) is 1. The Hall–Kier alpha value is -2.89. The summed E-state index contributed by atoms with van der Waals surface area (Å²) < 4.78 is 6.00. The van der Waals surface area contributed by atoms with E-state index in [1.165, 1.54) is 12.8 Å². The monoisotopic (exact) mass is 381 g/mol. The largest absolute Gasteiger partial charge is 0.474 e. The van der Waals surface area contributed by atoms with E-state index in [-0.39, 0.29) is 30.4 Å². The third-order valence-electron chi connectivity index (χ3n) is 4.81. The molecule has 1 atom stereocenters. The Morgan fingerprint density at radius 1 is 1.14 bits per heavy atom. The van der Waals surface area contributed by atoms with Crippen LogP contribution in [0.1, 0.15) is 54.9 Å². The molecule has 1 aliphatic rings. The van der Waals surface area contributed by atoms with Crippen molar-refractivity contribution in [3.8, 4) is 5.88 Å². The molecule has 6 heteroatoms. The Bertz CT molecular complexity index is 789. The van der Waals surface area contributed by atoms with Crippen LogP contribution in [-0.4, -0.2) is 28.9 Å². The number of ether oxygens (including phenoxy) is 1. The molecule has 1 heterocycles. The standard InChI is InChI=1S/C22H27N3O3/c1-16(25-21(27)17-8-3-2-4-9-17)14-20(26)24-15-18-10-7-13-23-22(18)28-19-11-5-6-12-19/h2-4,7-10,13,16,19H,5-6,11-12,14-15H2,1H3,(H,24,26)(H,25,27). The van der Waals surface area contributed by atoms with Crippen LogP contribution in [-0.2, 0) is 11.3 Å². The van der Waals surface area contributed by atoms with Gasteiger partial charge in [-0.1, -0.05) is 24.3 Å². The fourth-order valence-corrected chi connectivity index (χ4v) is 3.32. The lowest BCUT2D eigenvalue weighted by Crippen LogP contribution is -2.37. The molecular weight excluding hydrogens is 354 g/mol. The number of aromatic nitrogens is 1. The Balaban J connectivity index is 1.47. The maximum absolute atomic E-state index is 12.3. The molecule has 2 aromatic rings. The van der Waals surface area contributed by atoms with Crippen molar-refractivity contribution in [3.05, 3.63) is 59.8 Å². The van der Waals surface area contributed by atoms with Crippen molar-refractivity contribution >= 4 is 11.8 Å². The number of carbonyl (C=O) groups excluding carboxylic acids is 2. The van der Waals surface area contributed by atoms with E-state index in [0.29, 0.717) is 18.0 Å². The highest BCUT2D eigenvalue weighted by molar-refractivity contribution is 5.94. The fourth-order valence-electron chi connectivity index (χ4n) is 3.32. The second-order valence-corrected chi connectivity index (χ2v) is 7.21. The molecule has 0 bridgehead atoms. The fraction of sp³-hybridized carbons (Fsp3) is 0.409. The van der Waals surface area contributed by atoms with Crippen LogP contribution in [0.5, 0.6) is 5.88 Å². The van der Waals surface area contributed by atoms with Gasteiger partial charge in [-0.15, -0.1) is 0 Å². The van der Waals surface area contributed by atoms with E-state index in [1.807, 2.05) is 37.3 Å². The molecule has 0 saturated heterocycles. The van der Waals surface area contributed by atoms with Gasteiger partial charge < -0.3 is 15.4 Å². The third-order valence-corrected chi connectivity index (χ3v) is 4.81. The number of carbonyl (C=O) groups is 2. The number of rotatable bonds is 8. The summed E-state index contributed by atoms with van der Waals surface area (Å²) in [4.78, 5) is 28.8. The first-order chi connectivity index (χ1) is 13.6. The van der Waals surface area contributed by atoms with E-state index >= 15 is 0 Å². The molecular formula is C22H27N3O3. The molecule has 1 aliphatic carbocycles. The molecule has 1 saturated carbocycles. The lowest BCUT2D eigenvalue weighted by atomic mass is 10.1. The molecule has 148 valence electrons. The van der Waals surface area contributed by atoms with Gasteiger partial charge in [-0.3, -0.25) is 9.59 Å². The lowest BCUT2D eigenvalue weighted by molar-refractivity contribution is -0.121. The first kappa shape index (κ1) is 19.9. The Morgan fingerprint density at radius 2 is 1.89 bits per heavy atom. The molecule has 0 aliphatic heterocycles. The molecule has 0 spiro atoms. The molecule has 2 N–H and O–H groups in total. The number of benzene rings is 1. The normalized spacial score (nSPS) is 15.0. The van der Waals surface area contributed by atoms with Gasteiger partial charge in [0.25, 0.3) is 5.91 Å². The molecule has 28 heavy (non-hydrogen) atoms. The highest BCUT2D eigenvalue weighted by Crippen LogP contribution is 2.24. The van der Waals surface area contributed by atoms with Crippen molar-refractivity contribution in [2.75, 3.05) is 0 Å². The summed E-state index contributed by atoms with van der Waals surface area (Å²) in [5, 5.41) is 5.75. The van der Waals surface area contributed by atoms with Gasteiger partial charge in [0.05, 0.1) is 0 Å². The molecule has 3 rings (SSSR count). The van der Waals surface area contributed by atoms with Gasteiger partial charge in [0.15, 0.2) is 0 Å². The quantitative estimate of drug-likeness (QED) is 0.736. The molecule has 1 unspecified atom stereocenters. The molecule has 0 radical (unpaired) electrons. The summed E-state index contributed by atoms with van der Waals surface area (Å²) in [6.07, 6.45) is 6.63. The molecule has 2 amide bonds. The molecule has 1 aromatic carbocycles. The Morgan fingerprint density at radius 3 is 2.64 bits per heavy atom. The predicted octanol–water partition coefficient (Wildman–Crippen LogP) is 3.23. The number of nitrogens with one attached hydrogen (secondary N) is 2. The summed E-state index contributed by atoms with van der Waals surface area (Å²) in [5.74, 6) is 0.289. The minimum Gasteiger partial charge on any atom is -0.474 e. The van der Waals surface area contributed by atoms with Crippen LogP contribution < -0.4 is 15.4 Å². The van der Waals surface area contributed by atoms with Crippen LogP contribution >= 0.6 is 0 Å². The van der Waals surface area contributed by atoms with E-state index in [2.05, 4.69) is 15.6 Å². The number of pyridine rings is 1. The summed E-state index contributed by atoms with van der Waals surface area (Å²) in [5.41, 5.74) is 1.45. The van der Waals surface area contributed by atoms with Crippen molar-refractivity contribution in [1.82, 2.24) is 15.6 Å². The van der Waals surface area contributed by atoms with Gasteiger partial charge in [0.1, 0.15) is 6.10 Å². The molecule has 1 fully saturated rings. The van der Waals surface area contributed by atoms with E-state index in [4.69, 9.17) is 4.74 Å². The highest BCUT2D eigenvalue weighted by atomic mass is 16.5. The summed E-state index contributed by atoms with van der Waals surface area (Å²) in [6, 6.07) is 12.5. The van der Waals surface area contributed by atoms with Crippen LogP contribution in [0.4, 0.5) is 0 Å². The third kappa shape index (κ3) is 5.81. The predicted molar refractivity (Wildman–Crippen MR) is 107 cm³/mol. The summed E-state index contributed by atoms with van der Waals surface area (Å²) in [6.45, 7) is 2.17. The van der Waals surface area contributed by atoms with Crippen LogP contribution in [0, 0.1) is 0 Å². The van der Waals surface area contributed by atoms with Crippen molar-refractivity contribution in [1.29, 1.82) is 0 Å². The van der Waals surface area contributed by atoms with Gasteiger partial charge >= 0.3 is 0 Å². The van der Waals surface area contributed by atoms with Crippen LogP contribution in [0.3, 0.4) is 0 Å². The topological polar surface area (TPSA) is 80.3 Å². The maximum atomic E-state index is 12.3. The van der Waals surface area contributed by atoms with E-state index in [0.717, 1.165) is 18.4 Å². The van der Waals surface area contributed by atoms with Gasteiger partial charge in [0, 0.05) is 36.3 Å². The Kier molecular flexibility index (Phi) is 7.00. The van der Waals surface area contributed by atoms with Gasteiger partial charge in [0.2, 0.25) is 11.8 Å². The average Bonchev–Trinajstić information content (AvgIpc) is 3.21. The summed E-state index contributed by atoms with van der Waals surface area (Å²) >= 11 is 0. The SMILES string of the molecule is CC(CC(=O)NCc1cccnc1OC1CCCC1)NC(=O)c1ccccc1. The van der Waals surface area contributed by atoms with Crippen molar-refractivity contribution < 1.29 is 14.3 Å².